The number of rotatable bonds is 4. The second kappa shape index (κ2) is 5.50. The topological polar surface area (TPSA) is 29.9 Å². The van der Waals surface area contributed by atoms with Crippen LogP contribution in [-0.2, 0) is 6.54 Å². The van der Waals surface area contributed by atoms with E-state index in [0.29, 0.717) is 10.6 Å². The van der Waals surface area contributed by atoms with Crippen molar-refractivity contribution < 1.29 is 4.39 Å². The Hall–Kier alpha value is -1.39. The number of aryl methyl sites for hydroxylation is 1. The van der Waals surface area contributed by atoms with Gasteiger partial charge >= 0.3 is 0 Å². The lowest BCUT2D eigenvalue weighted by Crippen LogP contribution is -2.23. The van der Waals surface area contributed by atoms with Crippen molar-refractivity contribution in [3.8, 4) is 0 Å². The highest BCUT2D eigenvalue weighted by atomic mass is 35.5. The van der Waals surface area contributed by atoms with Crippen LogP contribution in [0.25, 0.3) is 0 Å². The first kappa shape index (κ1) is 13.1. The molecule has 2 rings (SSSR count). The first-order valence-electron chi connectivity index (χ1n) is 5.81. The third-order valence-corrected chi connectivity index (χ3v) is 3.25. The van der Waals surface area contributed by atoms with Gasteiger partial charge in [-0.15, -0.1) is 0 Å². The number of hydrogen-bond acceptors (Lipinski definition) is 2. The van der Waals surface area contributed by atoms with Crippen molar-refractivity contribution in [3.05, 3.63) is 52.8 Å². The molecule has 1 aromatic heterocycles. The maximum atomic E-state index is 14.0. The van der Waals surface area contributed by atoms with E-state index in [-0.39, 0.29) is 11.9 Å². The fourth-order valence-electron chi connectivity index (χ4n) is 2.04. The van der Waals surface area contributed by atoms with E-state index in [1.54, 1.807) is 25.4 Å². The maximum absolute atomic E-state index is 14.0. The second-order valence-electron chi connectivity index (χ2n) is 3.93. The molecule has 2 aromatic rings. The summed E-state index contributed by atoms with van der Waals surface area (Å²) in [6.45, 7) is 2.79. The van der Waals surface area contributed by atoms with Gasteiger partial charge in [-0.2, -0.15) is 0 Å². The number of imidazole rings is 1. The van der Waals surface area contributed by atoms with Crippen LogP contribution in [0.15, 0.2) is 30.6 Å². The van der Waals surface area contributed by atoms with Crippen molar-refractivity contribution in [2.45, 2.75) is 19.5 Å². The van der Waals surface area contributed by atoms with E-state index in [1.807, 2.05) is 17.7 Å². The van der Waals surface area contributed by atoms with Crippen LogP contribution in [0.4, 0.5) is 4.39 Å². The van der Waals surface area contributed by atoms with Gasteiger partial charge < -0.3 is 9.88 Å². The van der Waals surface area contributed by atoms with Crippen LogP contribution < -0.4 is 5.32 Å². The number of halogens is 2. The minimum atomic E-state index is -0.353. The monoisotopic (exact) mass is 267 g/mol. The van der Waals surface area contributed by atoms with E-state index < -0.39 is 0 Å². The van der Waals surface area contributed by atoms with Crippen LogP contribution in [0.2, 0.25) is 5.02 Å². The molecule has 1 aromatic carbocycles. The third-order valence-electron chi connectivity index (χ3n) is 2.92. The number of aromatic nitrogens is 2. The Kier molecular flexibility index (Phi) is 3.99. The molecule has 0 amide bonds. The van der Waals surface area contributed by atoms with E-state index in [4.69, 9.17) is 11.6 Å². The largest absolute Gasteiger partial charge is 0.334 e. The molecule has 96 valence electrons. The van der Waals surface area contributed by atoms with Crippen molar-refractivity contribution in [3.63, 3.8) is 0 Å². The fraction of sp³-hybridized carbons (Fsp3) is 0.308. The quantitative estimate of drug-likeness (QED) is 0.923. The Morgan fingerprint density at radius 3 is 2.89 bits per heavy atom. The van der Waals surface area contributed by atoms with Crippen molar-refractivity contribution in [2.75, 3.05) is 7.05 Å². The summed E-state index contributed by atoms with van der Waals surface area (Å²) in [5.74, 6) is 0.430. The van der Waals surface area contributed by atoms with Crippen LogP contribution in [0, 0.1) is 5.82 Å². The van der Waals surface area contributed by atoms with Gasteiger partial charge in [0.15, 0.2) is 0 Å². The molecule has 5 heteroatoms. The molecule has 0 saturated heterocycles. The molecule has 0 aliphatic carbocycles. The number of nitrogens with zero attached hydrogens (tertiary/aromatic N) is 2. The third kappa shape index (κ3) is 2.26. The predicted octanol–water partition coefficient (Wildman–Crippen LogP) is 3.00. The van der Waals surface area contributed by atoms with Crippen LogP contribution >= 0.6 is 11.6 Å². The molecule has 0 spiro atoms. The van der Waals surface area contributed by atoms with Gasteiger partial charge in [0.1, 0.15) is 11.6 Å². The SMILES string of the molecule is CCn1ccnc1C(NC)c1c(F)cccc1Cl. The Balaban J connectivity index is 2.52. The summed E-state index contributed by atoms with van der Waals surface area (Å²) in [4.78, 5) is 4.29. The Labute approximate surface area is 111 Å². The molecule has 1 heterocycles. The Bertz CT molecular complexity index is 519. The summed E-state index contributed by atoms with van der Waals surface area (Å²) in [7, 11) is 1.77. The highest BCUT2D eigenvalue weighted by molar-refractivity contribution is 6.31. The van der Waals surface area contributed by atoms with Gasteiger partial charge in [0.05, 0.1) is 6.04 Å². The minimum Gasteiger partial charge on any atom is -0.334 e. The van der Waals surface area contributed by atoms with Crippen LogP contribution in [-0.4, -0.2) is 16.6 Å². The predicted molar refractivity (Wildman–Crippen MR) is 70.2 cm³/mol. The van der Waals surface area contributed by atoms with Crippen molar-refractivity contribution in [1.29, 1.82) is 0 Å². The van der Waals surface area contributed by atoms with Gasteiger partial charge in [-0.1, -0.05) is 17.7 Å². The van der Waals surface area contributed by atoms with Gasteiger partial charge in [-0.05, 0) is 26.1 Å². The first-order valence-corrected chi connectivity index (χ1v) is 6.19. The molecule has 0 aliphatic heterocycles. The average Bonchev–Trinajstić information content (AvgIpc) is 2.82. The molecule has 1 atom stereocenters. The summed E-state index contributed by atoms with van der Waals surface area (Å²) in [6.07, 6.45) is 3.58. The summed E-state index contributed by atoms with van der Waals surface area (Å²) >= 11 is 6.10. The summed E-state index contributed by atoms with van der Waals surface area (Å²) < 4.78 is 15.9. The molecule has 1 unspecified atom stereocenters. The molecule has 1 N–H and O–H groups in total. The maximum Gasteiger partial charge on any atom is 0.130 e. The van der Waals surface area contributed by atoms with Crippen LogP contribution in [0.3, 0.4) is 0 Å². The molecule has 18 heavy (non-hydrogen) atoms. The second-order valence-corrected chi connectivity index (χ2v) is 4.34. The number of benzene rings is 1. The molecule has 0 bridgehead atoms. The van der Waals surface area contributed by atoms with Gasteiger partial charge in [0.2, 0.25) is 0 Å². The molecule has 3 nitrogen and oxygen atoms in total. The molecule has 0 saturated carbocycles. The van der Waals surface area contributed by atoms with E-state index in [1.165, 1.54) is 6.07 Å². The minimum absolute atomic E-state index is 0.326. The van der Waals surface area contributed by atoms with Gasteiger partial charge in [-0.3, -0.25) is 0 Å². The van der Waals surface area contributed by atoms with Crippen LogP contribution in [0.5, 0.6) is 0 Å². The van der Waals surface area contributed by atoms with Crippen molar-refractivity contribution in [2.24, 2.45) is 0 Å². The van der Waals surface area contributed by atoms with Crippen molar-refractivity contribution >= 4 is 11.6 Å². The van der Waals surface area contributed by atoms with E-state index in [9.17, 15) is 4.39 Å². The number of hydrogen-bond donors (Lipinski definition) is 1. The first-order chi connectivity index (χ1) is 8.69. The summed E-state index contributed by atoms with van der Waals surface area (Å²) in [5.41, 5.74) is 0.433. The lowest BCUT2D eigenvalue weighted by atomic mass is 10.1. The lowest BCUT2D eigenvalue weighted by molar-refractivity contribution is 0.543. The zero-order chi connectivity index (χ0) is 13.1. The van der Waals surface area contributed by atoms with Crippen LogP contribution in [0.1, 0.15) is 24.4 Å². The van der Waals surface area contributed by atoms with E-state index in [2.05, 4.69) is 10.3 Å². The molecule has 0 aliphatic rings. The van der Waals surface area contributed by atoms with Gasteiger partial charge in [-0.25, -0.2) is 9.37 Å². The Morgan fingerprint density at radius 1 is 1.50 bits per heavy atom. The van der Waals surface area contributed by atoms with Crippen molar-refractivity contribution in [1.82, 2.24) is 14.9 Å². The van der Waals surface area contributed by atoms with Gasteiger partial charge in [0.25, 0.3) is 0 Å². The fourth-order valence-corrected chi connectivity index (χ4v) is 2.31. The lowest BCUT2D eigenvalue weighted by Gasteiger charge is -2.19. The standard InChI is InChI=1S/C13H15ClFN3/c1-3-18-8-7-17-13(18)12(16-2)11-9(14)5-4-6-10(11)15/h4-8,12,16H,3H2,1-2H3. The number of nitrogens with one attached hydrogen (secondary N) is 1. The highest BCUT2D eigenvalue weighted by Gasteiger charge is 2.22. The zero-order valence-electron chi connectivity index (χ0n) is 10.3. The molecular weight excluding hydrogens is 253 g/mol. The average molecular weight is 268 g/mol. The normalized spacial score (nSPS) is 12.7. The summed E-state index contributed by atoms with van der Waals surface area (Å²) in [5, 5.41) is 3.47. The van der Waals surface area contributed by atoms with E-state index in [0.717, 1.165) is 12.4 Å². The van der Waals surface area contributed by atoms with E-state index >= 15 is 0 Å². The molecular formula is C13H15ClFN3. The Morgan fingerprint density at radius 2 is 2.28 bits per heavy atom. The summed E-state index contributed by atoms with van der Waals surface area (Å²) in [6, 6.07) is 4.34. The van der Waals surface area contributed by atoms with Gasteiger partial charge in [0, 0.05) is 29.5 Å². The highest BCUT2D eigenvalue weighted by Crippen LogP contribution is 2.29. The smallest absolute Gasteiger partial charge is 0.130 e. The molecule has 0 radical (unpaired) electrons. The molecule has 0 fully saturated rings. The zero-order valence-corrected chi connectivity index (χ0v) is 11.1.